The number of carbonyl (C=O) groups is 3. The molecule has 0 fully saturated rings. The number of hydrogen-bond acceptors (Lipinski definition) is 7. The number of carbonyl (C=O) groups excluding carboxylic acids is 3. The van der Waals surface area contributed by atoms with E-state index in [1.165, 1.54) is 19.3 Å². The maximum atomic E-state index is 15.6. The van der Waals surface area contributed by atoms with E-state index in [0.29, 0.717) is 19.3 Å². The molecule has 3 amide bonds. The Bertz CT molecular complexity index is 1560. The van der Waals surface area contributed by atoms with Gasteiger partial charge >= 0.3 is 7.82 Å². The van der Waals surface area contributed by atoms with Crippen LogP contribution < -0.4 is 16.0 Å². The summed E-state index contributed by atoms with van der Waals surface area (Å²) in [5, 5.41) is 9.52. The lowest BCUT2D eigenvalue weighted by Gasteiger charge is -2.34. The molecule has 0 saturated heterocycles. The summed E-state index contributed by atoms with van der Waals surface area (Å²) in [4.78, 5) is 40.6. The Morgan fingerprint density at radius 1 is 0.400 bits per heavy atom. The van der Waals surface area contributed by atoms with Crippen molar-refractivity contribution in [1.29, 1.82) is 0 Å². The van der Waals surface area contributed by atoms with Gasteiger partial charge in [-0.25, -0.2) is 4.57 Å². The van der Waals surface area contributed by atoms with E-state index in [9.17, 15) is 14.4 Å². The van der Waals surface area contributed by atoms with Crippen LogP contribution in [-0.4, -0.2) is 36.0 Å². The summed E-state index contributed by atoms with van der Waals surface area (Å²) in [6, 6.07) is 26.4. The lowest BCUT2D eigenvalue weighted by atomic mass is 10.0. The minimum atomic E-state index is -4.61. The largest absolute Gasteiger partial charge is 0.475 e. The molecule has 0 saturated carbocycles. The van der Waals surface area contributed by atoms with Crippen molar-refractivity contribution < 1.29 is 32.5 Å². The standard InChI is InChI=1S/C54H84N3O7P/c1-7-10-13-16-19-31-40-49(58)55-52(46-34-25-22-26-35-46)43(4)62-65(61,63-44(5)53(47-36-27-23-28-37-47)56-50(59)41-32-20-17-14-11-8-2)64-45(6)54(48-38-29-24-30-39-48)57-51(60)42-33-21-18-15-12-9-3/h22-30,34-39,43-45,52-54H,7-21,31-33,40-42H2,1-6H3,(H,55,58)(H,56,59)(H,57,60). The van der Waals surface area contributed by atoms with E-state index < -0.39 is 44.3 Å². The first kappa shape index (κ1) is 55.5. The summed E-state index contributed by atoms with van der Waals surface area (Å²) in [5.74, 6) is -0.382. The van der Waals surface area contributed by atoms with Crippen LogP contribution >= 0.6 is 7.82 Å². The third kappa shape index (κ3) is 22.5. The number of nitrogens with one attached hydrogen (secondary N) is 3. The summed E-state index contributed by atoms with van der Waals surface area (Å²) in [6.45, 7) is 11.8. The average molecular weight is 918 g/mol. The molecule has 6 atom stereocenters. The fraction of sp³-hybridized carbons (Fsp3) is 0.611. The predicted octanol–water partition coefficient (Wildman–Crippen LogP) is 14.1. The molecule has 6 unspecified atom stereocenters. The van der Waals surface area contributed by atoms with Crippen molar-refractivity contribution in [2.24, 2.45) is 0 Å². The van der Waals surface area contributed by atoms with Gasteiger partial charge < -0.3 is 16.0 Å². The number of benzene rings is 3. The number of amides is 3. The second-order valence-electron chi connectivity index (χ2n) is 17.8. The molecule has 0 aromatic heterocycles. The van der Waals surface area contributed by atoms with E-state index in [2.05, 4.69) is 36.7 Å². The molecule has 3 rings (SSSR count). The SMILES string of the molecule is CCCCCCCCC(=O)NC(c1ccccc1)C(C)OP(=O)(OC(C)C(NC(=O)CCCCCCCC)c1ccccc1)OC(C)C(NC(=O)CCCCCCCC)c1ccccc1. The van der Waals surface area contributed by atoms with Gasteiger partial charge in [0.05, 0.1) is 36.4 Å². The number of phosphoric ester groups is 1. The zero-order valence-electron chi connectivity index (χ0n) is 40.8. The second-order valence-corrected chi connectivity index (χ2v) is 19.3. The highest BCUT2D eigenvalue weighted by atomic mass is 31.2. The van der Waals surface area contributed by atoms with Gasteiger partial charge in [-0.15, -0.1) is 0 Å². The molecule has 0 spiro atoms. The maximum Gasteiger partial charge on any atom is 0.475 e. The topological polar surface area (TPSA) is 132 Å². The lowest BCUT2D eigenvalue weighted by molar-refractivity contribution is -0.123. The van der Waals surface area contributed by atoms with Crippen molar-refractivity contribution in [3.8, 4) is 0 Å². The molecular formula is C54H84N3O7P. The Hall–Kier alpha value is -3.82. The van der Waals surface area contributed by atoms with Crippen LogP contribution in [0.25, 0.3) is 0 Å². The van der Waals surface area contributed by atoms with Gasteiger partial charge in [-0.2, -0.15) is 0 Å². The van der Waals surface area contributed by atoms with Gasteiger partial charge in [0.15, 0.2) is 0 Å². The summed E-state index contributed by atoms with van der Waals surface area (Å²) in [6.07, 6.45) is 17.4. The number of phosphoric acid groups is 1. The zero-order chi connectivity index (χ0) is 47.1. The van der Waals surface area contributed by atoms with Crippen molar-refractivity contribution in [2.45, 2.75) is 213 Å². The van der Waals surface area contributed by atoms with Crippen molar-refractivity contribution in [2.75, 3.05) is 0 Å². The van der Waals surface area contributed by atoms with E-state index in [1.807, 2.05) is 91.0 Å². The van der Waals surface area contributed by atoms with Crippen molar-refractivity contribution in [3.05, 3.63) is 108 Å². The minimum absolute atomic E-state index is 0.127. The third-order valence-corrected chi connectivity index (χ3v) is 13.8. The fourth-order valence-corrected chi connectivity index (χ4v) is 9.93. The predicted molar refractivity (Wildman–Crippen MR) is 265 cm³/mol. The van der Waals surface area contributed by atoms with E-state index in [4.69, 9.17) is 13.6 Å². The van der Waals surface area contributed by atoms with E-state index in [-0.39, 0.29) is 17.7 Å². The number of rotatable bonds is 36. The highest BCUT2D eigenvalue weighted by molar-refractivity contribution is 7.48. The maximum absolute atomic E-state index is 15.6. The Kier molecular flexibility index (Phi) is 28.0. The molecule has 0 heterocycles. The molecule has 3 N–H and O–H groups in total. The number of unbranched alkanes of at least 4 members (excludes halogenated alkanes) is 15. The Morgan fingerprint density at radius 2 is 0.631 bits per heavy atom. The van der Waals surface area contributed by atoms with E-state index in [1.54, 1.807) is 20.8 Å². The Labute approximate surface area is 393 Å². The monoisotopic (exact) mass is 918 g/mol. The third-order valence-electron chi connectivity index (χ3n) is 12.0. The van der Waals surface area contributed by atoms with Crippen molar-refractivity contribution in [3.63, 3.8) is 0 Å². The van der Waals surface area contributed by atoms with Gasteiger partial charge in [0, 0.05) is 19.3 Å². The lowest BCUT2D eigenvalue weighted by Crippen LogP contribution is -2.39. The average Bonchev–Trinajstić information content (AvgIpc) is 3.30. The highest BCUT2D eigenvalue weighted by Crippen LogP contribution is 2.56. The smallest absolute Gasteiger partial charge is 0.347 e. The molecule has 3 aromatic rings. The van der Waals surface area contributed by atoms with Crippen LogP contribution in [0.5, 0.6) is 0 Å². The summed E-state index contributed by atoms with van der Waals surface area (Å²) >= 11 is 0. The van der Waals surface area contributed by atoms with Gasteiger partial charge in [0.2, 0.25) is 17.7 Å². The summed E-state index contributed by atoms with van der Waals surface area (Å²) in [5.41, 5.74) is 2.33. The number of hydrogen-bond donors (Lipinski definition) is 3. The molecule has 362 valence electrons. The zero-order valence-corrected chi connectivity index (χ0v) is 41.7. The van der Waals surface area contributed by atoms with Gasteiger partial charge in [0.1, 0.15) is 0 Å². The molecule has 0 aliphatic rings. The van der Waals surface area contributed by atoms with Crippen molar-refractivity contribution >= 4 is 25.5 Å². The van der Waals surface area contributed by atoms with Crippen LogP contribution in [0.1, 0.15) is 211 Å². The first-order chi connectivity index (χ1) is 31.5. The van der Waals surface area contributed by atoms with Crippen LogP contribution in [0, 0.1) is 0 Å². The van der Waals surface area contributed by atoms with E-state index in [0.717, 1.165) is 113 Å². The van der Waals surface area contributed by atoms with Gasteiger partial charge in [-0.05, 0) is 56.7 Å². The van der Waals surface area contributed by atoms with Crippen molar-refractivity contribution in [1.82, 2.24) is 16.0 Å². The Morgan fingerprint density at radius 3 is 0.877 bits per heavy atom. The van der Waals surface area contributed by atoms with Crippen LogP contribution in [0.2, 0.25) is 0 Å². The minimum Gasteiger partial charge on any atom is -0.347 e. The molecular weight excluding hydrogens is 834 g/mol. The molecule has 0 radical (unpaired) electrons. The molecule has 10 nitrogen and oxygen atoms in total. The summed E-state index contributed by atoms with van der Waals surface area (Å²) < 4.78 is 35.2. The molecule has 0 aliphatic heterocycles. The first-order valence-corrected chi connectivity index (χ1v) is 26.6. The molecule has 0 bridgehead atoms. The fourth-order valence-electron chi connectivity index (χ4n) is 8.20. The van der Waals surface area contributed by atoms with Gasteiger partial charge in [-0.1, -0.05) is 208 Å². The van der Waals surface area contributed by atoms with Crippen LogP contribution in [0.15, 0.2) is 91.0 Å². The van der Waals surface area contributed by atoms with Crippen LogP contribution in [0.3, 0.4) is 0 Å². The van der Waals surface area contributed by atoms with Gasteiger partial charge in [0.25, 0.3) is 0 Å². The Balaban J connectivity index is 1.96. The van der Waals surface area contributed by atoms with Gasteiger partial charge in [-0.3, -0.25) is 28.0 Å². The molecule has 65 heavy (non-hydrogen) atoms. The normalized spacial score (nSPS) is 15.2. The van der Waals surface area contributed by atoms with Crippen LogP contribution in [-0.2, 0) is 32.5 Å². The molecule has 3 aromatic carbocycles. The second kappa shape index (κ2) is 32.8. The van der Waals surface area contributed by atoms with E-state index >= 15 is 4.57 Å². The molecule has 11 heteroatoms. The molecule has 0 aliphatic carbocycles. The highest BCUT2D eigenvalue weighted by Gasteiger charge is 2.41. The summed E-state index contributed by atoms with van der Waals surface area (Å²) in [7, 11) is -4.61. The first-order valence-electron chi connectivity index (χ1n) is 25.2. The van der Waals surface area contributed by atoms with Crippen LogP contribution in [0.4, 0.5) is 0 Å². The quantitative estimate of drug-likeness (QED) is 0.0391.